The lowest BCUT2D eigenvalue weighted by molar-refractivity contribution is -0.120. The monoisotopic (exact) mass is 428 g/mol. The molecule has 2 atom stereocenters. The van der Waals surface area contributed by atoms with Crippen LogP contribution in [0.4, 0.5) is 10.5 Å². The third-order valence-corrected chi connectivity index (χ3v) is 5.42. The van der Waals surface area contributed by atoms with Gasteiger partial charge in [0.05, 0.1) is 11.3 Å². The number of carbonyl (C=O) groups excluding carboxylic acids is 3. The molecule has 0 bridgehead atoms. The summed E-state index contributed by atoms with van der Waals surface area (Å²) in [5, 5.41) is 2.95. The van der Waals surface area contributed by atoms with Crippen LogP contribution < -0.4 is 10.2 Å². The van der Waals surface area contributed by atoms with Gasteiger partial charge in [-0.25, -0.2) is 9.69 Å². The van der Waals surface area contributed by atoms with Gasteiger partial charge < -0.3 is 10.2 Å². The topological polar surface area (TPSA) is 82.6 Å². The molecule has 0 spiro atoms. The van der Waals surface area contributed by atoms with Crippen LogP contribution in [-0.2, 0) is 4.79 Å². The standard InChI is InChI=1S/C19H17BrN4O3/c20-13-3-5-15(6-4-13)24-18(26)16-10-14(7-9-23(16)19(24)27)22-17(25)12-2-1-8-21-11-12/h1-6,8,11,14,16H,7,9-10H2,(H,22,25)/t14-,16+/m1/s1. The number of aromatic nitrogens is 1. The van der Waals surface area contributed by atoms with Gasteiger partial charge in [-0.2, -0.15) is 0 Å². The Hall–Kier alpha value is -2.74. The largest absolute Gasteiger partial charge is 0.349 e. The fraction of sp³-hybridized carbons (Fsp3) is 0.263. The zero-order valence-corrected chi connectivity index (χ0v) is 15.9. The van der Waals surface area contributed by atoms with E-state index in [1.807, 2.05) is 0 Å². The number of nitrogens with one attached hydrogen (secondary N) is 1. The molecule has 1 N–H and O–H groups in total. The average Bonchev–Trinajstić information content (AvgIpc) is 2.93. The van der Waals surface area contributed by atoms with Crippen LogP contribution in [0.15, 0.2) is 53.3 Å². The molecule has 0 unspecified atom stereocenters. The number of hydrogen-bond donors (Lipinski definition) is 1. The number of piperidine rings is 1. The van der Waals surface area contributed by atoms with Crippen molar-refractivity contribution in [1.82, 2.24) is 15.2 Å². The molecule has 3 heterocycles. The average molecular weight is 429 g/mol. The van der Waals surface area contributed by atoms with Crippen molar-refractivity contribution >= 4 is 39.5 Å². The number of nitrogens with zero attached hydrogens (tertiary/aromatic N) is 3. The maximum atomic E-state index is 12.9. The second-order valence-electron chi connectivity index (χ2n) is 6.58. The lowest BCUT2D eigenvalue weighted by Gasteiger charge is -2.32. The molecule has 7 nitrogen and oxygen atoms in total. The Morgan fingerprint density at radius 3 is 2.67 bits per heavy atom. The Morgan fingerprint density at radius 2 is 1.96 bits per heavy atom. The van der Waals surface area contributed by atoms with E-state index in [4.69, 9.17) is 0 Å². The van der Waals surface area contributed by atoms with Gasteiger partial charge in [-0.05, 0) is 49.2 Å². The van der Waals surface area contributed by atoms with Crippen molar-refractivity contribution in [2.45, 2.75) is 24.9 Å². The highest BCUT2D eigenvalue weighted by Gasteiger charge is 2.48. The molecule has 1 aromatic heterocycles. The molecule has 2 aliphatic heterocycles. The van der Waals surface area contributed by atoms with E-state index in [2.05, 4.69) is 26.2 Å². The number of urea groups is 1. The van der Waals surface area contributed by atoms with Crippen LogP contribution in [0, 0.1) is 0 Å². The number of fused-ring (bicyclic) bond motifs is 1. The number of halogens is 1. The van der Waals surface area contributed by atoms with Crippen LogP contribution >= 0.6 is 15.9 Å². The molecule has 0 radical (unpaired) electrons. The Bertz CT molecular complexity index is 888. The van der Waals surface area contributed by atoms with Crippen molar-refractivity contribution in [2.24, 2.45) is 0 Å². The molecule has 27 heavy (non-hydrogen) atoms. The maximum absolute atomic E-state index is 12.9. The molecule has 2 aliphatic rings. The summed E-state index contributed by atoms with van der Waals surface area (Å²) in [5.41, 5.74) is 1.03. The normalized spacial score (nSPS) is 22.0. The third-order valence-electron chi connectivity index (χ3n) is 4.89. The first kappa shape index (κ1) is 17.7. The van der Waals surface area contributed by atoms with E-state index in [-0.39, 0.29) is 23.9 Å². The lowest BCUT2D eigenvalue weighted by Crippen LogP contribution is -2.49. The number of carbonyl (C=O) groups is 3. The predicted octanol–water partition coefficient (Wildman–Crippen LogP) is 2.57. The Kier molecular flexibility index (Phi) is 4.65. The van der Waals surface area contributed by atoms with Gasteiger partial charge in [0.2, 0.25) is 0 Å². The van der Waals surface area contributed by atoms with Crippen LogP contribution in [0.5, 0.6) is 0 Å². The number of pyridine rings is 1. The Morgan fingerprint density at radius 1 is 1.19 bits per heavy atom. The van der Waals surface area contributed by atoms with Gasteiger partial charge in [0.25, 0.3) is 11.8 Å². The number of hydrogen-bond acceptors (Lipinski definition) is 4. The van der Waals surface area contributed by atoms with E-state index in [1.54, 1.807) is 47.5 Å². The highest BCUT2D eigenvalue weighted by molar-refractivity contribution is 9.10. The minimum absolute atomic E-state index is 0.166. The summed E-state index contributed by atoms with van der Waals surface area (Å²) in [6, 6.07) is 9.44. The first-order chi connectivity index (χ1) is 13.0. The second kappa shape index (κ2) is 7.11. The first-order valence-electron chi connectivity index (χ1n) is 8.65. The molecule has 0 aliphatic carbocycles. The van der Waals surface area contributed by atoms with Gasteiger partial charge in [0, 0.05) is 29.5 Å². The Balaban J connectivity index is 1.48. The molecule has 0 saturated carbocycles. The summed E-state index contributed by atoms with van der Waals surface area (Å²) in [5.74, 6) is -0.467. The van der Waals surface area contributed by atoms with Crippen molar-refractivity contribution in [2.75, 3.05) is 11.4 Å². The fourth-order valence-electron chi connectivity index (χ4n) is 3.52. The SMILES string of the molecule is O=C(N[C@@H]1CCN2C(=O)N(c3ccc(Br)cc3)C(=O)[C@@H]2C1)c1cccnc1. The summed E-state index contributed by atoms with van der Waals surface area (Å²) in [6.07, 6.45) is 4.12. The van der Waals surface area contributed by atoms with Gasteiger partial charge in [0.1, 0.15) is 6.04 Å². The van der Waals surface area contributed by atoms with Gasteiger partial charge in [-0.15, -0.1) is 0 Å². The van der Waals surface area contributed by atoms with E-state index in [0.29, 0.717) is 30.6 Å². The number of imide groups is 1. The number of anilines is 1. The zero-order chi connectivity index (χ0) is 19.0. The van der Waals surface area contributed by atoms with Crippen molar-refractivity contribution in [1.29, 1.82) is 0 Å². The predicted molar refractivity (Wildman–Crippen MR) is 102 cm³/mol. The van der Waals surface area contributed by atoms with Crippen LogP contribution in [0.25, 0.3) is 0 Å². The molecule has 4 amide bonds. The summed E-state index contributed by atoms with van der Waals surface area (Å²) < 4.78 is 0.876. The van der Waals surface area contributed by atoms with Gasteiger partial charge in [0.15, 0.2) is 0 Å². The molecule has 138 valence electrons. The highest BCUT2D eigenvalue weighted by atomic mass is 79.9. The van der Waals surface area contributed by atoms with Crippen molar-refractivity contribution < 1.29 is 14.4 Å². The lowest BCUT2D eigenvalue weighted by atomic mass is 9.97. The molecule has 1 aromatic carbocycles. The van der Waals surface area contributed by atoms with Gasteiger partial charge >= 0.3 is 6.03 Å². The van der Waals surface area contributed by atoms with Crippen LogP contribution in [-0.4, -0.2) is 46.4 Å². The highest BCUT2D eigenvalue weighted by Crippen LogP contribution is 2.31. The second-order valence-corrected chi connectivity index (χ2v) is 7.49. The van der Waals surface area contributed by atoms with Crippen LogP contribution in [0.3, 0.4) is 0 Å². The van der Waals surface area contributed by atoms with E-state index in [1.165, 1.54) is 11.1 Å². The van der Waals surface area contributed by atoms with Crippen LogP contribution in [0.2, 0.25) is 0 Å². The van der Waals surface area contributed by atoms with Crippen molar-refractivity contribution in [3.8, 4) is 0 Å². The summed E-state index contributed by atoms with van der Waals surface area (Å²) >= 11 is 3.35. The minimum atomic E-state index is -0.547. The van der Waals surface area contributed by atoms with Crippen LogP contribution in [0.1, 0.15) is 23.2 Å². The fourth-order valence-corrected chi connectivity index (χ4v) is 3.79. The molecular formula is C19H17BrN4O3. The number of benzene rings is 1. The zero-order valence-electron chi connectivity index (χ0n) is 14.3. The quantitative estimate of drug-likeness (QED) is 0.761. The van der Waals surface area contributed by atoms with E-state index < -0.39 is 6.04 Å². The van der Waals surface area contributed by atoms with Crippen molar-refractivity contribution in [3.63, 3.8) is 0 Å². The maximum Gasteiger partial charge on any atom is 0.332 e. The Labute approximate surface area is 164 Å². The molecular weight excluding hydrogens is 412 g/mol. The summed E-state index contributed by atoms with van der Waals surface area (Å²) in [4.78, 5) is 44.7. The number of rotatable bonds is 3. The van der Waals surface area contributed by atoms with E-state index in [0.717, 1.165) is 4.47 Å². The summed E-state index contributed by atoms with van der Waals surface area (Å²) in [6.45, 7) is 0.431. The van der Waals surface area contributed by atoms with Gasteiger partial charge in [-0.1, -0.05) is 15.9 Å². The molecule has 2 fully saturated rings. The first-order valence-corrected chi connectivity index (χ1v) is 9.45. The molecule has 4 rings (SSSR count). The summed E-state index contributed by atoms with van der Waals surface area (Å²) in [7, 11) is 0. The molecule has 2 saturated heterocycles. The number of amides is 4. The third kappa shape index (κ3) is 3.32. The van der Waals surface area contributed by atoms with Crippen molar-refractivity contribution in [3.05, 3.63) is 58.8 Å². The molecule has 8 heteroatoms. The minimum Gasteiger partial charge on any atom is -0.349 e. The van der Waals surface area contributed by atoms with E-state index in [9.17, 15) is 14.4 Å². The van der Waals surface area contributed by atoms with Gasteiger partial charge in [-0.3, -0.25) is 14.6 Å². The smallest absolute Gasteiger partial charge is 0.332 e. The molecule has 2 aromatic rings. The van der Waals surface area contributed by atoms with E-state index >= 15 is 0 Å².